The maximum atomic E-state index is 13.6. The minimum Gasteiger partial charge on any atom is -0.456 e. The number of carbonyl (C=O) groups excluding carboxylic acids is 4. The van der Waals surface area contributed by atoms with Crippen LogP contribution in [0.4, 0.5) is 23.7 Å². The average Bonchev–Trinajstić information content (AvgIpc) is 2.76. The highest BCUT2D eigenvalue weighted by molar-refractivity contribution is 5.95. The number of ether oxygens (including phenoxy) is 1. The smallest absolute Gasteiger partial charge is 0.312 e. The van der Waals surface area contributed by atoms with Crippen LogP contribution in [0.15, 0.2) is 36.4 Å². The molecule has 9 nitrogen and oxygen atoms in total. The summed E-state index contributed by atoms with van der Waals surface area (Å²) in [5.41, 5.74) is 5.99. The minimum absolute atomic E-state index is 0.309. The molecule has 4 amide bonds. The molecule has 2 aromatic rings. The Balaban J connectivity index is 1.83. The zero-order valence-corrected chi connectivity index (χ0v) is 17.4. The molecule has 0 saturated heterocycles. The molecule has 5 N–H and O–H groups in total. The summed E-state index contributed by atoms with van der Waals surface area (Å²) in [7, 11) is 0. The van der Waals surface area contributed by atoms with Gasteiger partial charge in [-0.2, -0.15) is 0 Å². The molecule has 1 atom stereocenters. The van der Waals surface area contributed by atoms with E-state index in [0.29, 0.717) is 11.6 Å². The van der Waals surface area contributed by atoms with Crippen LogP contribution in [0.1, 0.15) is 23.6 Å². The van der Waals surface area contributed by atoms with E-state index < -0.39 is 66.1 Å². The van der Waals surface area contributed by atoms with Gasteiger partial charge < -0.3 is 26.4 Å². The Morgan fingerprint density at radius 1 is 1.00 bits per heavy atom. The van der Waals surface area contributed by atoms with Crippen LogP contribution in [0.2, 0.25) is 0 Å². The van der Waals surface area contributed by atoms with Crippen LogP contribution in [0.25, 0.3) is 0 Å². The number of nitrogens with two attached hydrogens (primary N) is 1. The predicted molar refractivity (Wildman–Crippen MR) is 110 cm³/mol. The van der Waals surface area contributed by atoms with Crippen molar-refractivity contribution in [2.24, 2.45) is 5.73 Å². The molecule has 0 spiro atoms. The molecule has 0 aliphatic carbocycles. The third-order valence-corrected chi connectivity index (χ3v) is 4.37. The van der Waals surface area contributed by atoms with Gasteiger partial charge in [0.1, 0.15) is 0 Å². The van der Waals surface area contributed by atoms with E-state index >= 15 is 0 Å². The molecule has 0 aliphatic rings. The van der Waals surface area contributed by atoms with Crippen molar-refractivity contribution in [3.8, 4) is 0 Å². The highest BCUT2D eigenvalue weighted by Gasteiger charge is 2.21. The van der Waals surface area contributed by atoms with Crippen molar-refractivity contribution in [1.29, 1.82) is 0 Å². The van der Waals surface area contributed by atoms with Gasteiger partial charge in [-0.25, -0.2) is 18.0 Å². The molecule has 0 saturated carbocycles. The van der Waals surface area contributed by atoms with Gasteiger partial charge in [-0.05, 0) is 30.2 Å². The number of nitrogens with one attached hydrogen (secondary N) is 3. The largest absolute Gasteiger partial charge is 0.456 e. The zero-order chi connectivity index (χ0) is 24.5. The Labute approximate surface area is 186 Å². The van der Waals surface area contributed by atoms with Gasteiger partial charge in [-0.1, -0.05) is 24.3 Å². The summed E-state index contributed by atoms with van der Waals surface area (Å²) < 4.78 is 44.5. The number of halogens is 3. The fourth-order valence-electron chi connectivity index (χ4n) is 2.81. The standard InChI is InChI=1S/C21H21F3N4O5/c1-11-4-2-3-5-12(11)15(28-21(25)32)8-18(31)33-10-17(30)26-9-16(29)27-14-7-6-13(22)19(23)20(14)24/h2-7,15H,8-10H2,1H3,(H,26,30)(H,27,29)(H3,25,28,32)/t15-/m1/s1. The second kappa shape index (κ2) is 11.5. The summed E-state index contributed by atoms with van der Waals surface area (Å²) >= 11 is 0. The summed E-state index contributed by atoms with van der Waals surface area (Å²) in [4.78, 5) is 47.0. The van der Waals surface area contributed by atoms with Gasteiger partial charge >= 0.3 is 12.0 Å². The van der Waals surface area contributed by atoms with Crippen molar-refractivity contribution in [3.63, 3.8) is 0 Å². The number of primary amides is 1. The van der Waals surface area contributed by atoms with Crippen LogP contribution >= 0.6 is 0 Å². The molecule has 33 heavy (non-hydrogen) atoms. The van der Waals surface area contributed by atoms with Crippen LogP contribution in [0, 0.1) is 24.4 Å². The molecular formula is C21H21F3N4O5. The maximum absolute atomic E-state index is 13.6. The van der Waals surface area contributed by atoms with E-state index in [2.05, 4.69) is 10.6 Å². The number of urea groups is 1. The number of hydrogen-bond acceptors (Lipinski definition) is 5. The van der Waals surface area contributed by atoms with Gasteiger partial charge in [0.05, 0.1) is 24.7 Å². The average molecular weight is 466 g/mol. The van der Waals surface area contributed by atoms with Gasteiger partial charge in [0.2, 0.25) is 5.91 Å². The summed E-state index contributed by atoms with van der Waals surface area (Å²) in [5, 5.41) is 6.53. The Kier molecular flexibility index (Phi) is 8.78. The molecular weight excluding hydrogens is 445 g/mol. The molecule has 0 bridgehead atoms. The van der Waals surface area contributed by atoms with Gasteiger partial charge in [-0.15, -0.1) is 0 Å². The van der Waals surface area contributed by atoms with Crippen molar-refractivity contribution in [2.75, 3.05) is 18.5 Å². The van der Waals surface area contributed by atoms with Crippen LogP contribution in [0.5, 0.6) is 0 Å². The number of benzene rings is 2. The van der Waals surface area contributed by atoms with E-state index in [1.165, 1.54) is 0 Å². The molecule has 2 aromatic carbocycles. The van der Waals surface area contributed by atoms with E-state index in [1.54, 1.807) is 31.2 Å². The van der Waals surface area contributed by atoms with Gasteiger partial charge in [0.15, 0.2) is 24.1 Å². The lowest BCUT2D eigenvalue weighted by molar-refractivity contribution is -0.149. The third-order valence-electron chi connectivity index (χ3n) is 4.37. The first-order chi connectivity index (χ1) is 15.6. The fraction of sp³-hybridized carbons (Fsp3) is 0.238. The number of esters is 1. The van der Waals surface area contributed by atoms with Crippen LogP contribution < -0.4 is 21.7 Å². The Morgan fingerprint density at radius 3 is 2.36 bits per heavy atom. The van der Waals surface area contributed by atoms with Gasteiger partial charge in [0.25, 0.3) is 5.91 Å². The molecule has 2 rings (SSSR count). The number of carbonyl (C=O) groups is 4. The molecule has 0 aromatic heterocycles. The molecule has 0 heterocycles. The Hall–Kier alpha value is -4.09. The first-order valence-corrected chi connectivity index (χ1v) is 9.55. The lowest BCUT2D eigenvalue weighted by atomic mass is 9.99. The lowest BCUT2D eigenvalue weighted by Gasteiger charge is -2.19. The second-order valence-electron chi connectivity index (χ2n) is 6.83. The third kappa shape index (κ3) is 7.52. The predicted octanol–water partition coefficient (Wildman–Crippen LogP) is 1.81. The first-order valence-electron chi connectivity index (χ1n) is 9.55. The molecule has 12 heteroatoms. The summed E-state index contributed by atoms with van der Waals surface area (Å²) in [6.07, 6.45) is -0.309. The normalized spacial score (nSPS) is 11.3. The molecule has 0 radical (unpaired) electrons. The van der Waals surface area contributed by atoms with Crippen molar-refractivity contribution < 1.29 is 37.1 Å². The number of hydrogen-bond donors (Lipinski definition) is 4. The zero-order valence-electron chi connectivity index (χ0n) is 17.4. The van der Waals surface area contributed by atoms with E-state index in [-0.39, 0.29) is 6.42 Å². The van der Waals surface area contributed by atoms with Gasteiger partial charge in [0, 0.05) is 0 Å². The van der Waals surface area contributed by atoms with Crippen LogP contribution in [-0.4, -0.2) is 37.0 Å². The quantitative estimate of drug-likeness (QED) is 0.330. The second-order valence-corrected chi connectivity index (χ2v) is 6.83. The fourth-order valence-corrected chi connectivity index (χ4v) is 2.81. The monoisotopic (exact) mass is 466 g/mol. The summed E-state index contributed by atoms with van der Waals surface area (Å²) in [6, 6.07) is 6.79. The number of rotatable bonds is 9. The Morgan fingerprint density at radius 2 is 1.70 bits per heavy atom. The van der Waals surface area contributed by atoms with E-state index in [1.807, 2.05) is 5.32 Å². The Bertz CT molecular complexity index is 1060. The number of aryl methyl sites for hydroxylation is 1. The number of anilines is 1. The van der Waals surface area contributed by atoms with E-state index in [4.69, 9.17) is 10.5 Å². The van der Waals surface area contributed by atoms with E-state index in [0.717, 1.165) is 11.6 Å². The molecule has 0 unspecified atom stereocenters. The minimum atomic E-state index is -1.75. The molecule has 0 aliphatic heterocycles. The lowest BCUT2D eigenvalue weighted by Crippen LogP contribution is -2.37. The number of amides is 4. The van der Waals surface area contributed by atoms with Crippen molar-refractivity contribution in [2.45, 2.75) is 19.4 Å². The molecule has 176 valence electrons. The molecule has 0 fully saturated rings. The van der Waals surface area contributed by atoms with Crippen LogP contribution in [-0.2, 0) is 19.1 Å². The van der Waals surface area contributed by atoms with Crippen molar-refractivity contribution in [1.82, 2.24) is 10.6 Å². The summed E-state index contributed by atoms with van der Waals surface area (Å²) in [5.74, 6) is -7.35. The first kappa shape index (κ1) is 25.2. The van der Waals surface area contributed by atoms with Gasteiger partial charge in [-0.3, -0.25) is 14.4 Å². The highest BCUT2D eigenvalue weighted by atomic mass is 19.2. The van der Waals surface area contributed by atoms with Crippen LogP contribution in [0.3, 0.4) is 0 Å². The van der Waals surface area contributed by atoms with Crippen molar-refractivity contribution >= 4 is 29.5 Å². The maximum Gasteiger partial charge on any atom is 0.312 e. The SMILES string of the molecule is Cc1ccccc1[C@@H](CC(=O)OCC(=O)NCC(=O)Nc1ccc(F)c(F)c1F)NC(N)=O. The van der Waals surface area contributed by atoms with E-state index in [9.17, 15) is 32.3 Å². The topological polar surface area (TPSA) is 140 Å². The highest BCUT2D eigenvalue weighted by Crippen LogP contribution is 2.21. The van der Waals surface area contributed by atoms with Crippen molar-refractivity contribution in [3.05, 3.63) is 65.0 Å². The summed E-state index contributed by atoms with van der Waals surface area (Å²) in [6.45, 7) is 0.396.